The van der Waals surface area contributed by atoms with E-state index < -0.39 is 5.91 Å². The fourth-order valence-electron chi connectivity index (χ4n) is 2.25. The summed E-state index contributed by atoms with van der Waals surface area (Å²) >= 11 is 0. The van der Waals surface area contributed by atoms with Gasteiger partial charge in [0, 0.05) is 11.3 Å². The summed E-state index contributed by atoms with van der Waals surface area (Å²) in [4.78, 5) is 23.0. The Morgan fingerprint density at radius 2 is 1.88 bits per heavy atom. The van der Waals surface area contributed by atoms with Crippen LogP contribution in [-0.2, 0) is 9.59 Å². The van der Waals surface area contributed by atoms with E-state index in [4.69, 9.17) is 15.2 Å². The molecule has 2 aromatic rings. The van der Waals surface area contributed by atoms with Crippen molar-refractivity contribution in [1.29, 1.82) is 0 Å². The minimum absolute atomic E-state index is 0.185. The highest BCUT2D eigenvalue weighted by Gasteiger charge is 2.17. The number of rotatable bonds is 5. The van der Waals surface area contributed by atoms with Crippen molar-refractivity contribution in [3.05, 3.63) is 59.7 Å². The van der Waals surface area contributed by atoms with E-state index in [-0.39, 0.29) is 19.1 Å². The first-order valence-corrected chi connectivity index (χ1v) is 7.37. The molecular weight excluding hydrogens is 308 g/mol. The molecule has 0 atom stereocenters. The Labute approximate surface area is 138 Å². The van der Waals surface area contributed by atoms with Crippen LogP contribution in [0.3, 0.4) is 0 Å². The molecule has 1 aliphatic heterocycles. The molecule has 6 heteroatoms. The van der Waals surface area contributed by atoms with E-state index in [2.05, 4.69) is 5.32 Å². The number of benzene rings is 2. The van der Waals surface area contributed by atoms with Gasteiger partial charge in [0.1, 0.15) is 18.1 Å². The molecule has 0 fully saturated rings. The van der Waals surface area contributed by atoms with Crippen molar-refractivity contribution in [2.45, 2.75) is 0 Å². The molecule has 0 aromatic heterocycles. The second-order valence-corrected chi connectivity index (χ2v) is 5.23. The third-order valence-corrected chi connectivity index (χ3v) is 3.42. The van der Waals surface area contributed by atoms with Crippen molar-refractivity contribution in [3.8, 4) is 11.5 Å². The van der Waals surface area contributed by atoms with Gasteiger partial charge in [0.2, 0.25) is 0 Å². The molecule has 1 aliphatic rings. The lowest BCUT2D eigenvalue weighted by molar-refractivity contribution is -0.120. The van der Waals surface area contributed by atoms with E-state index >= 15 is 0 Å². The summed E-state index contributed by atoms with van der Waals surface area (Å²) in [5.41, 5.74) is 7.05. The van der Waals surface area contributed by atoms with Gasteiger partial charge < -0.3 is 20.5 Å². The number of hydrogen-bond acceptors (Lipinski definition) is 4. The number of ether oxygens (including phenoxy) is 2. The van der Waals surface area contributed by atoms with Crippen LogP contribution in [0.2, 0.25) is 0 Å². The van der Waals surface area contributed by atoms with E-state index in [1.165, 1.54) is 0 Å². The Bertz CT molecular complexity index is 797. The van der Waals surface area contributed by atoms with E-state index in [9.17, 15) is 9.59 Å². The lowest BCUT2D eigenvalue weighted by Gasteiger charge is -2.17. The Morgan fingerprint density at radius 1 is 1.12 bits per heavy atom. The second-order valence-electron chi connectivity index (χ2n) is 5.23. The van der Waals surface area contributed by atoms with Crippen molar-refractivity contribution >= 4 is 23.6 Å². The largest absolute Gasteiger partial charge is 0.488 e. The monoisotopic (exact) mass is 324 g/mol. The first-order chi connectivity index (χ1) is 11.6. The molecule has 0 aliphatic carbocycles. The first-order valence-electron chi connectivity index (χ1n) is 7.37. The van der Waals surface area contributed by atoms with Gasteiger partial charge in [0.05, 0.1) is 5.57 Å². The van der Waals surface area contributed by atoms with Gasteiger partial charge >= 0.3 is 0 Å². The molecule has 0 saturated carbocycles. The zero-order valence-corrected chi connectivity index (χ0v) is 12.8. The summed E-state index contributed by atoms with van der Waals surface area (Å²) in [7, 11) is 0. The molecule has 1 heterocycles. The number of nitrogens with two attached hydrogens (primary N) is 1. The lowest BCUT2D eigenvalue weighted by atomic mass is 10.1. The topological polar surface area (TPSA) is 90.7 Å². The molecule has 122 valence electrons. The molecule has 0 spiro atoms. The van der Waals surface area contributed by atoms with Crippen molar-refractivity contribution in [2.24, 2.45) is 5.73 Å². The van der Waals surface area contributed by atoms with Crippen LogP contribution >= 0.6 is 0 Å². The molecule has 3 rings (SSSR count). The van der Waals surface area contributed by atoms with E-state index in [1.807, 2.05) is 30.3 Å². The number of primary amides is 1. The normalized spacial score (nSPS) is 12.4. The summed E-state index contributed by atoms with van der Waals surface area (Å²) in [5.74, 6) is 0.498. The van der Waals surface area contributed by atoms with E-state index in [0.29, 0.717) is 17.0 Å². The van der Waals surface area contributed by atoms with Gasteiger partial charge in [0.15, 0.2) is 6.61 Å². The third kappa shape index (κ3) is 3.73. The van der Waals surface area contributed by atoms with Gasteiger partial charge in [-0.1, -0.05) is 18.2 Å². The van der Waals surface area contributed by atoms with E-state index in [0.717, 1.165) is 11.3 Å². The van der Waals surface area contributed by atoms with Crippen LogP contribution in [0.4, 0.5) is 5.69 Å². The van der Waals surface area contributed by atoms with Crippen molar-refractivity contribution in [1.82, 2.24) is 0 Å². The fourth-order valence-corrected chi connectivity index (χ4v) is 2.25. The minimum atomic E-state index is -0.545. The number of amides is 2. The molecule has 0 saturated heterocycles. The number of carbonyl (C=O) groups is 2. The quantitative estimate of drug-likeness (QED) is 0.879. The predicted octanol–water partition coefficient (Wildman–Crippen LogP) is 1.97. The zero-order chi connectivity index (χ0) is 16.9. The summed E-state index contributed by atoms with van der Waals surface area (Å²) in [5, 5.41) is 2.80. The summed E-state index contributed by atoms with van der Waals surface area (Å²) in [6.07, 6.45) is 1.82. The molecule has 0 unspecified atom stereocenters. The van der Waals surface area contributed by atoms with E-state index in [1.54, 1.807) is 24.3 Å². The SMILES string of the molecule is NC(=O)COc1ccc(NC(=O)C2=Cc3ccccc3OC2)cc1. The van der Waals surface area contributed by atoms with Crippen LogP contribution in [0, 0.1) is 0 Å². The first kappa shape index (κ1) is 15.6. The maximum Gasteiger partial charge on any atom is 0.255 e. The van der Waals surface area contributed by atoms with Gasteiger partial charge in [0.25, 0.3) is 11.8 Å². The number of carbonyl (C=O) groups excluding carboxylic acids is 2. The average Bonchev–Trinajstić information content (AvgIpc) is 2.60. The number of para-hydroxylation sites is 1. The highest BCUT2D eigenvalue weighted by atomic mass is 16.5. The van der Waals surface area contributed by atoms with Gasteiger partial charge in [-0.05, 0) is 36.4 Å². The van der Waals surface area contributed by atoms with Crippen LogP contribution in [0.25, 0.3) is 6.08 Å². The molecule has 6 nitrogen and oxygen atoms in total. The Morgan fingerprint density at radius 3 is 2.62 bits per heavy atom. The predicted molar refractivity (Wildman–Crippen MR) is 89.7 cm³/mol. The minimum Gasteiger partial charge on any atom is -0.488 e. The molecular formula is C18H16N2O4. The third-order valence-electron chi connectivity index (χ3n) is 3.42. The van der Waals surface area contributed by atoms with Crippen molar-refractivity contribution < 1.29 is 19.1 Å². The summed E-state index contributed by atoms with van der Waals surface area (Å²) < 4.78 is 10.7. The van der Waals surface area contributed by atoms with Crippen LogP contribution in [-0.4, -0.2) is 25.0 Å². The maximum absolute atomic E-state index is 12.3. The fraction of sp³-hybridized carbons (Fsp3) is 0.111. The molecule has 24 heavy (non-hydrogen) atoms. The lowest BCUT2D eigenvalue weighted by Crippen LogP contribution is -2.21. The summed E-state index contributed by atoms with van der Waals surface area (Å²) in [6, 6.07) is 14.2. The number of nitrogens with one attached hydrogen (secondary N) is 1. The highest BCUT2D eigenvalue weighted by molar-refractivity contribution is 6.07. The number of hydrogen-bond donors (Lipinski definition) is 2. The zero-order valence-electron chi connectivity index (χ0n) is 12.8. The summed E-state index contributed by atoms with van der Waals surface area (Å²) in [6.45, 7) is 0.0397. The van der Waals surface area contributed by atoms with Gasteiger partial charge in [-0.25, -0.2) is 0 Å². The van der Waals surface area contributed by atoms with Gasteiger partial charge in [-0.15, -0.1) is 0 Å². The number of fused-ring (bicyclic) bond motifs is 1. The Balaban J connectivity index is 1.65. The van der Waals surface area contributed by atoms with Gasteiger partial charge in [-0.2, -0.15) is 0 Å². The maximum atomic E-state index is 12.3. The Hall–Kier alpha value is -3.28. The van der Waals surface area contributed by atoms with Crippen LogP contribution in [0.5, 0.6) is 11.5 Å². The number of anilines is 1. The molecule has 3 N–H and O–H groups in total. The molecule has 0 bridgehead atoms. The molecule has 0 radical (unpaired) electrons. The van der Waals surface area contributed by atoms with Gasteiger partial charge in [-0.3, -0.25) is 9.59 Å². The van der Waals surface area contributed by atoms with Crippen molar-refractivity contribution in [2.75, 3.05) is 18.5 Å². The highest BCUT2D eigenvalue weighted by Crippen LogP contribution is 2.26. The van der Waals surface area contributed by atoms with Crippen LogP contribution in [0.15, 0.2) is 54.1 Å². The average molecular weight is 324 g/mol. The van der Waals surface area contributed by atoms with Crippen LogP contribution < -0.4 is 20.5 Å². The van der Waals surface area contributed by atoms with Crippen molar-refractivity contribution in [3.63, 3.8) is 0 Å². The standard InChI is InChI=1S/C18H16N2O4/c19-17(21)11-23-15-7-5-14(6-8-15)20-18(22)13-9-12-3-1-2-4-16(12)24-10-13/h1-9H,10-11H2,(H2,19,21)(H,20,22). The molecule has 2 aromatic carbocycles. The Kier molecular flexibility index (Phi) is 4.47. The smallest absolute Gasteiger partial charge is 0.255 e. The molecule has 2 amide bonds. The second kappa shape index (κ2) is 6.87. The van der Waals surface area contributed by atoms with Crippen LogP contribution in [0.1, 0.15) is 5.56 Å².